The Morgan fingerprint density at radius 2 is 0.967 bits per heavy atom. The molecular weight excluding hydrogens is 384 g/mol. The Morgan fingerprint density at radius 3 is 1.27 bits per heavy atom. The van der Waals surface area contributed by atoms with Gasteiger partial charge in [0.05, 0.1) is 25.4 Å². The Bertz CT molecular complexity index is 705. The van der Waals surface area contributed by atoms with Crippen LogP contribution in [-0.2, 0) is 41.8 Å². The summed E-state index contributed by atoms with van der Waals surface area (Å²) in [6.07, 6.45) is -3.25. The van der Waals surface area contributed by atoms with Crippen LogP contribution in [-0.4, -0.2) is 36.4 Å². The molecule has 2 aromatic carbocycles. The smallest absolute Gasteiger partial charge is 0.338 e. The van der Waals surface area contributed by atoms with Crippen LogP contribution in [0.5, 0.6) is 0 Å². The predicted molar refractivity (Wildman–Crippen MR) is 112 cm³/mol. The van der Waals surface area contributed by atoms with Crippen LogP contribution in [0, 0.1) is 0 Å². The van der Waals surface area contributed by atoms with Crippen molar-refractivity contribution in [3.05, 3.63) is 71.8 Å². The van der Waals surface area contributed by atoms with Gasteiger partial charge in [-0.15, -0.1) is 0 Å². The van der Waals surface area contributed by atoms with Gasteiger partial charge >= 0.3 is 11.9 Å². The fraction of sp³-hybridized carbons (Fsp3) is 0.417. The number of rotatable bonds is 11. The molecule has 0 heterocycles. The van der Waals surface area contributed by atoms with Gasteiger partial charge in [0.1, 0.15) is 0 Å². The van der Waals surface area contributed by atoms with Crippen LogP contribution in [0.3, 0.4) is 0 Å². The van der Waals surface area contributed by atoms with Crippen molar-refractivity contribution < 1.29 is 28.5 Å². The van der Waals surface area contributed by atoms with Crippen molar-refractivity contribution in [1.82, 2.24) is 0 Å². The molecule has 0 saturated carbocycles. The zero-order valence-electron chi connectivity index (χ0n) is 17.9. The SMILES string of the molecule is CC(C)OC(=O)[C@@H](OCc1ccccc1)[C@@H](OCc1ccccc1)C(=O)OC(C)C. The Hall–Kier alpha value is -2.70. The van der Waals surface area contributed by atoms with E-state index in [0.29, 0.717) is 0 Å². The molecule has 0 radical (unpaired) electrons. The molecule has 6 nitrogen and oxygen atoms in total. The van der Waals surface area contributed by atoms with Crippen LogP contribution >= 0.6 is 0 Å². The van der Waals surface area contributed by atoms with Gasteiger partial charge in [-0.2, -0.15) is 0 Å². The van der Waals surface area contributed by atoms with Crippen molar-refractivity contribution in [1.29, 1.82) is 0 Å². The highest BCUT2D eigenvalue weighted by molar-refractivity contribution is 5.85. The summed E-state index contributed by atoms with van der Waals surface area (Å²) in [6, 6.07) is 18.8. The standard InChI is InChI=1S/C24H30O6/c1-17(2)29-23(25)21(27-15-19-11-7-5-8-12-19)22(24(26)30-18(3)4)28-16-20-13-9-6-10-14-20/h5-14,17-18,21-22H,15-16H2,1-4H3/t21-,22+. The molecule has 0 unspecified atom stereocenters. The number of carbonyl (C=O) groups excluding carboxylic acids is 2. The highest BCUT2D eigenvalue weighted by Gasteiger charge is 2.39. The summed E-state index contributed by atoms with van der Waals surface area (Å²) in [5, 5.41) is 0. The van der Waals surface area contributed by atoms with E-state index in [2.05, 4.69) is 0 Å². The molecule has 0 aliphatic carbocycles. The lowest BCUT2D eigenvalue weighted by atomic mass is 10.1. The van der Waals surface area contributed by atoms with Crippen LogP contribution in [0.1, 0.15) is 38.8 Å². The molecule has 0 fully saturated rings. The van der Waals surface area contributed by atoms with E-state index in [0.717, 1.165) is 11.1 Å². The lowest BCUT2D eigenvalue weighted by molar-refractivity contribution is -0.190. The minimum Gasteiger partial charge on any atom is -0.461 e. The summed E-state index contributed by atoms with van der Waals surface area (Å²) in [6.45, 7) is 7.19. The summed E-state index contributed by atoms with van der Waals surface area (Å²) in [5.41, 5.74) is 1.72. The fourth-order valence-corrected chi connectivity index (χ4v) is 2.68. The number of esters is 2. The molecule has 0 saturated heterocycles. The Balaban J connectivity index is 2.23. The maximum absolute atomic E-state index is 12.8. The molecule has 0 amide bonds. The minimum atomic E-state index is -1.26. The second-order valence-corrected chi connectivity index (χ2v) is 7.41. The van der Waals surface area contributed by atoms with Gasteiger partial charge in [-0.1, -0.05) is 60.7 Å². The monoisotopic (exact) mass is 414 g/mol. The van der Waals surface area contributed by atoms with E-state index in [1.807, 2.05) is 60.7 Å². The predicted octanol–water partition coefficient (Wildman–Crippen LogP) is 4.06. The van der Waals surface area contributed by atoms with E-state index in [1.54, 1.807) is 27.7 Å². The van der Waals surface area contributed by atoms with Crippen LogP contribution in [0.15, 0.2) is 60.7 Å². The molecule has 0 aromatic heterocycles. The average molecular weight is 414 g/mol. The van der Waals surface area contributed by atoms with Crippen molar-refractivity contribution in [2.45, 2.75) is 65.3 Å². The molecule has 162 valence electrons. The number of benzene rings is 2. The first-order chi connectivity index (χ1) is 14.4. The first-order valence-electron chi connectivity index (χ1n) is 10.1. The van der Waals surface area contributed by atoms with E-state index in [1.165, 1.54) is 0 Å². The Morgan fingerprint density at radius 1 is 0.633 bits per heavy atom. The lowest BCUT2D eigenvalue weighted by Gasteiger charge is -2.26. The molecule has 2 rings (SSSR count). The van der Waals surface area contributed by atoms with Crippen LogP contribution in [0.4, 0.5) is 0 Å². The summed E-state index contributed by atoms with van der Waals surface area (Å²) in [4.78, 5) is 25.6. The van der Waals surface area contributed by atoms with Crippen LogP contribution in [0.25, 0.3) is 0 Å². The largest absolute Gasteiger partial charge is 0.461 e. The van der Waals surface area contributed by atoms with Gasteiger partial charge in [0.2, 0.25) is 0 Å². The Labute approximate surface area is 178 Å². The Kier molecular flexibility index (Phi) is 9.51. The third-order valence-electron chi connectivity index (χ3n) is 3.99. The molecule has 30 heavy (non-hydrogen) atoms. The van der Waals surface area contributed by atoms with Gasteiger partial charge in [0, 0.05) is 0 Å². The number of hydrogen-bond acceptors (Lipinski definition) is 6. The summed E-state index contributed by atoms with van der Waals surface area (Å²) in [5.74, 6) is -1.33. The van der Waals surface area contributed by atoms with Gasteiger partial charge < -0.3 is 18.9 Å². The molecule has 0 aliphatic heterocycles. The molecule has 6 heteroatoms. The van der Waals surface area contributed by atoms with E-state index in [4.69, 9.17) is 18.9 Å². The number of hydrogen-bond donors (Lipinski definition) is 0. The van der Waals surface area contributed by atoms with E-state index < -0.39 is 24.1 Å². The molecule has 0 bridgehead atoms. The average Bonchev–Trinajstić information content (AvgIpc) is 2.70. The molecule has 2 atom stereocenters. The van der Waals surface area contributed by atoms with Gasteiger partial charge in [-0.3, -0.25) is 0 Å². The van der Waals surface area contributed by atoms with Gasteiger partial charge in [0.15, 0.2) is 12.2 Å². The van der Waals surface area contributed by atoms with Crippen molar-refractivity contribution in [2.24, 2.45) is 0 Å². The maximum Gasteiger partial charge on any atom is 0.338 e. The molecule has 2 aromatic rings. The quantitative estimate of drug-likeness (QED) is 0.517. The molecule has 0 spiro atoms. The highest BCUT2D eigenvalue weighted by Crippen LogP contribution is 2.16. The van der Waals surface area contributed by atoms with Crippen molar-refractivity contribution >= 4 is 11.9 Å². The summed E-state index contributed by atoms with van der Waals surface area (Å²) in [7, 11) is 0. The second-order valence-electron chi connectivity index (χ2n) is 7.41. The molecule has 0 N–H and O–H groups in total. The third kappa shape index (κ3) is 7.97. The van der Waals surface area contributed by atoms with Gasteiger partial charge in [0.25, 0.3) is 0 Å². The lowest BCUT2D eigenvalue weighted by Crippen LogP contribution is -2.46. The molecular formula is C24H30O6. The summed E-state index contributed by atoms with van der Waals surface area (Å²) < 4.78 is 22.4. The molecule has 0 aliphatic rings. The second kappa shape index (κ2) is 12.1. The first-order valence-corrected chi connectivity index (χ1v) is 10.1. The number of ether oxygens (including phenoxy) is 4. The van der Waals surface area contributed by atoms with Crippen molar-refractivity contribution in [3.8, 4) is 0 Å². The zero-order valence-corrected chi connectivity index (χ0v) is 17.9. The van der Waals surface area contributed by atoms with Gasteiger partial charge in [-0.25, -0.2) is 9.59 Å². The topological polar surface area (TPSA) is 71.1 Å². The van der Waals surface area contributed by atoms with E-state index in [9.17, 15) is 9.59 Å². The maximum atomic E-state index is 12.8. The van der Waals surface area contributed by atoms with E-state index in [-0.39, 0.29) is 25.4 Å². The van der Waals surface area contributed by atoms with Crippen LogP contribution in [0.2, 0.25) is 0 Å². The third-order valence-corrected chi connectivity index (χ3v) is 3.99. The normalized spacial score (nSPS) is 13.1. The fourth-order valence-electron chi connectivity index (χ4n) is 2.68. The first kappa shape index (κ1) is 23.6. The summed E-state index contributed by atoms with van der Waals surface area (Å²) >= 11 is 0. The highest BCUT2D eigenvalue weighted by atomic mass is 16.6. The van der Waals surface area contributed by atoms with Crippen LogP contribution < -0.4 is 0 Å². The zero-order chi connectivity index (χ0) is 21.9. The van der Waals surface area contributed by atoms with Crippen molar-refractivity contribution in [3.63, 3.8) is 0 Å². The van der Waals surface area contributed by atoms with E-state index >= 15 is 0 Å². The number of carbonyl (C=O) groups is 2. The minimum absolute atomic E-state index is 0.124. The van der Waals surface area contributed by atoms with Crippen molar-refractivity contribution in [2.75, 3.05) is 0 Å². The van der Waals surface area contributed by atoms with Gasteiger partial charge in [-0.05, 0) is 38.8 Å².